The highest BCUT2D eigenvalue weighted by atomic mass is 32.2. The molecule has 1 aliphatic heterocycles. The Bertz CT molecular complexity index is 529. The van der Waals surface area contributed by atoms with Crippen LogP contribution >= 0.6 is 0 Å². The fourth-order valence-corrected chi connectivity index (χ4v) is 3.12. The van der Waals surface area contributed by atoms with Gasteiger partial charge in [-0.3, -0.25) is 4.98 Å². The van der Waals surface area contributed by atoms with E-state index < -0.39 is 10.0 Å². The topological polar surface area (TPSA) is 83.6 Å². The molecule has 0 saturated carbocycles. The number of nitrogens with one attached hydrogen (secondary N) is 2. The molecule has 0 spiro atoms. The van der Waals surface area contributed by atoms with E-state index in [0.717, 1.165) is 6.42 Å². The van der Waals surface area contributed by atoms with Gasteiger partial charge in [0.2, 0.25) is 0 Å². The van der Waals surface area contributed by atoms with Gasteiger partial charge in [0.1, 0.15) is 4.90 Å². The van der Waals surface area contributed by atoms with Gasteiger partial charge < -0.3 is 10.1 Å². The van der Waals surface area contributed by atoms with Crippen LogP contribution in [0.25, 0.3) is 0 Å². The molecule has 0 aromatic carbocycles. The van der Waals surface area contributed by atoms with Gasteiger partial charge in [-0.25, -0.2) is 13.4 Å². The number of pyridine rings is 1. The van der Waals surface area contributed by atoms with Crippen LogP contribution in [0.4, 0.5) is 5.69 Å². The molecule has 7 nitrogen and oxygen atoms in total. The summed E-state index contributed by atoms with van der Waals surface area (Å²) in [7, 11) is -3.63. The zero-order valence-corrected chi connectivity index (χ0v) is 12.3. The fraction of sp³-hybridized carbons (Fsp3) is 0.583. The molecule has 20 heavy (non-hydrogen) atoms. The molecule has 1 fully saturated rings. The quantitative estimate of drug-likeness (QED) is 0.792. The second kappa shape index (κ2) is 6.98. The molecule has 2 rings (SSSR count). The van der Waals surface area contributed by atoms with E-state index in [4.69, 9.17) is 4.74 Å². The second-order valence-electron chi connectivity index (χ2n) is 4.49. The zero-order chi connectivity index (χ0) is 14.4. The van der Waals surface area contributed by atoms with E-state index in [-0.39, 0.29) is 4.90 Å². The van der Waals surface area contributed by atoms with E-state index in [1.807, 2.05) is 6.92 Å². The van der Waals surface area contributed by atoms with Crippen molar-refractivity contribution < 1.29 is 13.2 Å². The van der Waals surface area contributed by atoms with E-state index >= 15 is 0 Å². The number of sulfonamides is 1. The van der Waals surface area contributed by atoms with E-state index in [1.165, 1.54) is 6.20 Å². The van der Waals surface area contributed by atoms with Crippen molar-refractivity contribution in [1.29, 1.82) is 0 Å². The lowest BCUT2D eigenvalue weighted by Crippen LogP contribution is -2.48. The third-order valence-corrected chi connectivity index (χ3v) is 4.30. The molecular formula is C12H20N4O3S. The van der Waals surface area contributed by atoms with Gasteiger partial charge in [-0.2, -0.15) is 0 Å². The molecule has 1 aromatic rings. The summed E-state index contributed by atoms with van der Waals surface area (Å²) in [6, 6.07) is 1.67. The molecular weight excluding hydrogens is 280 g/mol. The van der Waals surface area contributed by atoms with Crippen molar-refractivity contribution in [3.05, 3.63) is 18.5 Å². The lowest BCUT2D eigenvalue weighted by molar-refractivity contribution is 0.0272. The lowest BCUT2D eigenvalue weighted by atomic mass is 10.4. The Balaban J connectivity index is 2.15. The summed E-state index contributed by atoms with van der Waals surface area (Å²) in [4.78, 5) is 6.65. The summed E-state index contributed by atoms with van der Waals surface area (Å²) in [6.45, 7) is 4.86. The first kappa shape index (κ1) is 15.2. The van der Waals surface area contributed by atoms with E-state index in [0.29, 0.717) is 38.5 Å². The van der Waals surface area contributed by atoms with Crippen molar-refractivity contribution in [1.82, 2.24) is 14.8 Å². The summed E-state index contributed by atoms with van der Waals surface area (Å²) < 4.78 is 30.0. The van der Waals surface area contributed by atoms with E-state index in [9.17, 15) is 8.42 Å². The number of hydrogen-bond donors (Lipinski definition) is 2. The minimum atomic E-state index is -3.63. The number of anilines is 1. The van der Waals surface area contributed by atoms with Crippen LogP contribution in [0.5, 0.6) is 0 Å². The normalized spacial score (nSPS) is 17.1. The van der Waals surface area contributed by atoms with Crippen LogP contribution in [0, 0.1) is 0 Å². The molecule has 2 N–H and O–H groups in total. The number of hydrogen-bond acceptors (Lipinski definition) is 6. The molecule has 8 heteroatoms. The van der Waals surface area contributed by atoms with Crippen LogP contribution in [0.15, 0.2) is 23.4 Å². The third kappa shape index (κ3) is 3.89. The molecule has 1 aliphatic rings. The highest BCUT2D eigenvalue weighted by Gasteiger charge is 2.23. The number of aromatic nitrogens is 1. The number of hydrazine groups is 1. The SMILES string of the molecule is CCCNc1ccncc1S(=O)(=O)NN1CCOCC1. The Morgan fingerprint density at radius 3 is 2.85 bits per heavy atom. The van der Waals surface area contributed by atoms with Crippen molar-refractivity contribution in [2.45, 2.75) is 18.2 Å². The first-order valence-corrected chi connectivity index (χ1v) is 8.15. The predicted octanol–water partition coefficient (Wildman–Crippen LogP) is 0.429. The van der Waals surface area contributed by atoms with Crippen LogP contribution in [0.2, 0.25) is 0 Å². The van der Waals surface area contributed by atoms with Crippen molar-refractivity contribution in [2.75, 3.05) is 38.2 Å². The van der Waals surface area contributed by atoms with Gasteiger partial charge in [-0.05, 0) is 12.5 Å². The number of morpholine rings is 1. The Kier molecular flexibility index (Phi) is 5.30. The van der Waals surface area contributed by atoms with Crippen LogP contribution in [-0.4, -0.2) is 51.3 Å². The van der Waals surface area contributed by atoms with Crippen molar-refractivity contribution in [3.63, 3.8) is 0 Å². The molecule has 2 heterocycles. The zero-order valence-electron chi connectivity index (χ0n) is 11.5. The Morgan fingerprint density at radius 2 is 2.15 bits per heavy atom. The maximum atomic E-state index is 12.4. The fourth-order valence-electron chi connectivity index (χ4n) is 1.87. The molecule has 112 valence electrons. The highest BCUT2D eigenvalue weighted by Crippen LogP contribution is 2.19. The first-order valence-electron chi connectivity index (χ1n) is 6.66. The number of ether oxygens (including phenoxy) is 1. The molecule has 0 unspecified atom stereocenters. The van der Waals surface area contributed by atoms with Crippen LogP contribution < -0.4 is 10.1 Å². The summed E-state index contributed by atoms with van der Waals surface area (Å²) in [6.07, 6.45) is 3.85. The summed E-state index contributed by atoms with van der Waals surface area (Å²) >= 11 is 0. The smallest absolute Gasteiger partial charge is 0.257 e. The number of rotatable bonds is 6. The molecule has 1 saturated heterocycles. The predicted molar refractivity (Wildman–Crippen MR) is 75.7 cm³/mol. The molecule has 0 amide bonds. The van der Waals surface area contributed by atoms with Crippen LogP contribution in [0.1, 0.15) is 13.3 Å². The summed E-state index contributed by atoms with van der Waals surface area (Å²) in [5.74, 6) is 0. The van der Waals surface area contributed by atoms with Crippen LogP contribution in [0.3, 0.4) is 0 Å². The van der Waals surface area contributed by atoms with Crippen molar-refractivity contribution in [2.24, 2.45) is 0 Å². The minimum Gasteiger partial charge on any atom is -0.384 e. The van der Waals surface area contributed by atoms with Gasteiger partial charge in [-0.1, -0.05) is 6.92 Å². The standard InChI is InChI=1S/C12H20N4O3S/c1-2-4-14-11-3-5-13-10-12(11)20(17,18)15-16-6-8-19-9-7-16/h3,5,10,15H,2,4,6-9H2,1H3,(H,13,14). The average Bonchev–Trinajstić information content (AvgIpc) is 2.46. The van der Waals surface area contributed by atoms with Crippen LogP contribution in [-0.2, 0) is 14.8 Å². The van der Waals surface area contributed by atoms with E-state index in [1.54, 1.807) is 17.3 Å². The van der Waals surface area contributed by atoms with Gasteiger partial charge in [-0.15, -0.1) is 4.83 Å². The van der Waals surface area contributed by atoms with E-state index in [2.05, 4.69) is 15.1 Å². The average molecular weight is 300 g/mol. The van der Waals surface area contributed by atoms with Gasteiger partial charge in [0.05, 0.1) is 18.9 Å². The van der Waals surface area contributed by atoms with Crippen molar-refractivity contribution >= 4 is 15.7 Å². The largest absolute Gasteiger partial charge is 0.384 e. The molecule has 0 radical (unpaired) electrons. The monoisotopic (exact) mass is 300 g/mol. The minimum absolute atomic E-state index is 0.167. The molecule has 1 aromatic heterocycles. The van der Waals surface area contributed by atoms with Gasteiger partial charge in [0.15, 0.2) is 0 Å². The Labute approximate surface area is 119 Å². The van der Waals surface area contributed by atoms with Gasteiger partial charge in [0.25, 0.3) is 10.0 Å². The first-order chi connectivity index (χ1) is 9.63. The number of nitrogens with zero attached hydrogens (tertiary/aromatic N) is 2. The molecule has 0 bridgehead atoms. The Morgan fingerprint density at radius 1 is 1.40 bits per heavy atom. The maximum absolute atomic E-state index is 12.4. The van der Waals surface area contributed by atoms with Gasteiger partial charge >= 0.3 is 0 Å². The third-order valence-electron chi connectivity index (χ3n) is 2.90. The summed E-state index contributed by atoms with van der Waals surface area (Å²) in [5, 5.41) is 4.75. The molecule has 0 atom stereocenters. The summed E-state index contributed by atoms with van der Waals surface area (Å²) in [5.41, 5.74) is 0.572. The lowest BCUT2D eigenvalue weighted by Gasteiger charge is -2.27. The Hall–Kier alpha value is -1.22. The van der Waals surface area contributed by atoms with Crippen molar-refractivity contribution in [3.8, 4) is 0 Å². The second-order valence-corrected chi connectivity index (χ2v) is 6.12. The maximum Gasteiger partial charge on any atom is 0.257 e. The van der Waals surface area contributed by atoms with Gasteiger partial charge in [0, 0.05) is 32.0 Å². The highest BCUT2D eigenvalue weighted by molar-refractivity contribution is 7.89. The molecule has 0 aliphatic carbocycles.